The van der Waals surface area contributed by atoms with Gasteiger partial charge >= 0.3 is 0 Å². The average Bonchev–Trinajstić information content (AvgIpc) is 2.46. The summed E-state index contributed by atoms with van der Waals surface area (Å²) in [6, 6.07) is 9.93. The summed E-state index contributed by atoms with van der Waals surface area (Å²) in [6.07, 6.45) is 6.82. The minimum absolute atomic E-state index is 0.731. The molecule has 2 rings (SSSR count). The number of rotatable bonds is 4. The molecule has 0 saturated heterocycles. The monoisotopic (exact) mass is 242 g/mol. The number of benzene rings is 1. The van der Waals surface area contributed by atoms with Gasteiger partial charge in [0.15, 0.2) is 0 Å². The van der Waals surface area contributed by atoms with Gasteiger partial charge in [-0.05, 0) is 42.9 Å². The maximum Gasteiger partial charge on any atom is 0.0992 e. The lowest BCUT2D eigenvalue weighted by Crippen LogP contribution is -2.20. The van der Waals surface area contributed by atoms with E-state index in [0.717, 1.165) is 29.6 Å². The third-order valence-electron chi connectivity index (χ3n) is 4.13. The van der Waals surface area contributed by atoms with Crippen molar-refractivity contribution in [2.75, 3.05) is 11.9 Å². The molecule has 96 valence electrons. The van der Waals surface area contributed by atoms with Crippen molar-refractivity contribution < 1.29 is 0 Å². The third-order valence-corrected chi connectivity index (χ3v) is 4.13. The SMILES string of the molecule is CCC1CCC(CNc2cccc(C#N)c2)CC1. The molecule has 0 heterocycles. The maximum atomic E-state index is 8.86. The topological polar surface area (TPSA) is 35.8 Å². The predicted octanol–water partition coefficient (Wildman–Crippen LogP) is 4.19. The highest BCUT2D eigenvalue weighted by Gasteiger charge is 2.19. The second-order valence-corrected chi connectivity index (χ2v) is 5.37. The molecule has 2 heteroatoms. The molecule has 1 aliphatic rings. The second kappa shape index (κ2) is 6.44. The normalized spacial score (nSPS) is 23.3. The second-order valence-electron chi connectivity index (χ2n) is 5.37. The number of nitrogens with zero attached hydrogens (tertiary/aromatic N) is 1. The quantitative estimate of drug-likeness (QED) is 0.859. The van der Waals surface area contributed by atoms with Crippen molar-refractivity contribution in [2.45, 2.75) is 39.0 Å². The molecule has 0 atom stereocenters. The predicted molar refractivity (Wildman–Crippen MR) is 75.4 cm³/mol. The fraction of sp³-hybridized carbons (Fsp3) is 0.562. The van der Waals surface area contributed by atoms with Gasteiger partial charge in [-0.2, -0.15) is 5.26 Å². The van der Waals surface area contributed by atoms with E-state index in [9.17, 15) is 0 Å². The van der Waals surface area contributed by atoms with E-state index in [2.05, 4.69) is 18.3 Å². The summed E-state index contributed by atoms with van der Waals surface area (Å²) < 4.78 is 0. The summed E-state index contributed by atoms with van der Waals surface area (Å²) in [5.41, 5.74) is 1.81. The van der Waals surface area contributed by atoms with Crippen molar-refractivity contribution in [3.05, 3.63) is 29.8 Å². The van der Waals surface area contributed by atoms with E-state index in [0.29, 0.717) is 0 Å². The number of nitrogens with one attached hydrogen (secondary N) is 1. The molecule has 1 saturated carbocycles. The number of nitriles is 1. The summed E-state index contributed by atoms with van der Waals surface area (Å²) in [5.74, 6) is 1.77. The van der Waals surface area contributed by atoms with E-state index >= 15 is 0 Å². The van der Waals surface area contributed by atoms with Crippen molar-refractivity contribution in [3.8, 4) is 6.07 Å². The Morgan fingerprint density at radius 2 is 1.94 bits per heavy atom. The largest absolute Gasteiger partial charge is 0.385 e. The number of hydrogen-bond acceptors (Lipinski definition) is 2. The van der Waals surface area contributed by atoms with Crippen LogP contribution in [0.5, 0.6) is 0 Å². The van der Waals surface area contributed by atoms with Gasteiger partial charge in [0.1, 0.15) is 0 Å². The Hall–Kier alpha value is -1.49. The lowest BCUT2D eigenvalue weighted by atomic mass is 9.81. The van der Waals surface area contributed by atoms with E-state index in [1.54, 1.807) is 0 Å². The molecule has 1 aromatic rings. The van der Waals surface area contributed by atoms with E-state index in [4.69, 9.17) is 5.26 Å². The van der Waals surface area contributed by atoms with E-state index in [1.165, 1.54) is 32.1 Å². The molecular weight excluding hydrogens is 220 g/mol. The molecule has 2 nitrogen and oxygen atoms in total. The standard InChI is InChI=1S/C16H22N2/c1-2-13-6-8-14(9-7-13)12-18-16-5-3-4-15(10-16)11-17/h3-5,10,13-14,18H,2,6-9,12H2,1H3. The van der Waals surface area contributed by atoms with Gasteiger partial charge in [0.25, 0.3) is 0 Å². The van der Waals surface area contributed by atoms with Crippen LogP contribution in [0.4, 0.5) is 5.69 Å². The molecule has 1 aromatic carbocycles. The molecule has 0 radical (unpaired) electrons. The van der Waals surface area contributed by atoms with Crippen LogP contribution in [0.1, 0.15) is 44.6 Å². The van der Waals surface area contributed by atoms with Crippen molar-refractivity contribution in [1.29, 1.82) is 5.26 Å². The van der Waals surface area contributed by atoms with Gasteiger partial charge in [0.05, 0.1) is 11.6 Å². The zero-order chi connectivity index (χ0) is 12.8. The maximum absolute atomic E-state index is 8.86. The highest BCUT2D eigenvalue weighted by Crippen LogP contribution is 2.30. The lowest BCUT2D eigenvalue weighted by molar-refractivity contribution is 0.278. The molecule has 0 spiro atoms. The Morgan fingerprint density at radius 3 is 2.61 bits per heavy atom. The Balaban J connectivity index is 1.80. The molecule has 0 bridgehead atoms. The van der Waals surface area contributed by atoms with Crippen LogP contribution in [0.2, 0.25) is 0 Å². The fourth-order valence-corrected chi connectivity index (χ4v) is 2.80. The van der Waals surface area contributed by atoms with E-state index < -0.39 is 0 Å². The van der Waals surface area contributed by atoms with Gasteiger partial charge in [-0.25, -0.2) is 0 Å². The van der Waals surface area contributed by atoms with Crippen LogP contribution in [0.25, 0.3) is 0 Å². The van der Waals surface area contributed by atoms with Gasteiger partial charge in [0.2, 0.25) is 0 Å². The van der Waals surface area contributed by atoms with E-state index in [1.807, 2.05) is 24.3 Å². The Bertz CT molecular complexity index is 411. The van der Waals surface area contributed by atoms with Gasteiger partial charge in [-0.3, -0.25) is 0 Å². The summed E-state index contributed by atoms with van der Waals surface area (Å²) in [7, 11) is 0. The van der Waals surface area contributed by atoms with Gasteiger partial charge in [-0.15, -0.1) is 0 Å². The minimum Gasteiger partial charge on any atom is -0.385 e. The number of anilines is 1. The Morgan fingerprint density at radius 1 is 1.22 bits per heavy atom. The van der Waals surface area contributed by atoms with Crippen LogP contribution in [0, 0.1) is 23.2 Å². The minimum atomic E-state index is 0.731. The molecule has 0 unspecified atom stereocenters. The molecule has 0 aliphatic heterocycles. The van der Waals surface area contributed by atoms with Crippen molar-refractivity contribution in [3.63, 3.8) is 0 Å². The number of hydrogen-bond donors (Lipinski definition) is 1. The lowest BCUT2D eigenvalue weighted by Gasteiger charge is -2.28. The van der Waals surface area contributed by atoms with Crippen LogP contribution in [0.15, 0.2) is 24.3 Å². The van der Waals surface area contributed by atoms with Crippen molar-refractivity contribution >= 4 is 5.69 Å². The Kier molecular flexibility index (Phi) is 4.64. The molecule has 1 aliphatic carbocycles. The first-order valence-electron chi connectivity index (χ1n) is 7.06. The van der Waals surface area contributed by atoms with Crippen molar-refractivity contribution in [2.24, 2.45) is 11.8 Å². The molecule has 0 amide bonds. The van der Waals surface area contributed by atoms with Crippen LogP contribution in [0.3, 0.4) is 0 Å². The third kappa shape index (κ3) is 3.50. The van der Waals surface area contributed by atoms with E-state index in [-0.39, 0.29) is 0 Å². The van der Waals surface area contributed by atoms with Crippen LogP contribution < -0.4 is 5.32 Å². The summed E-state index contributed by atoms with van der Waals surface area (Å²) in [4.78, 5) is 0. The molecule has 1 N–H and O–H groups in total. The van der Waals surface area contributed by atoms with Crippen LogP contribution in [-0.2, 0) is 0 Å². The molecule has 18 heavy (non-hydrogen) atoms. The first kappa shape index (κ1) is 13.0. The first-order chi connectivity index (χ1) is 8.81. The van der Waals surface area contributed by atoms with Gasteiger partial charge in [0, 0.05) is 12.2 Å². The summed E-state index contributed by atoms with van der Waals surface area (Å²) in [5, 5.41) is 12.3. The molecular formula is C16H22N2. The summed E-state index contributed by atoms with van der Waals surface area (Å²) in [6.45, 7) is 3.35. The van der Waals surface area contributed by atoms with Gasteiger partial charge < -0.3 is 5.32 Å². The Labute approximate surface area is 110 Å². The first-order valence-corrected chi connectivity index (χ1v) is 7.06. The highest BCUT2D eigenvalue weighted by atomic mass is 14.9. The fourth-order valence-electron chi connectivity index (χ4n) is 2.80. The average molecular weight is 242 g/mol. The molecule has 0 aromatic heterocycles. The van der Waals surface area contributed by atoms with Crippen LogP contribution in [-0.4, -0.2) is 6.54 Å². The van der Waals surface area contributed by atoms with Crippen molar-refractivity contribution in [1.82, 2.24) is 0 Å². The zero-order valence-corrected chi connectivity index (χ0v) is 11.2. The summed E-state index contributed by atoms with van der Waals surface area (Å²) >= 11 is 0. The van der Waals surface area contributed by atoms with Gasteiger partial charge in [-0.1, -0.05) is 32.3 Å². The molecule has 1 fully saturated rings. The zero-order valence-electron chi connectivity index (χ0n) is 11.2. The smallest absolute Gasteiger partial charge is 0.0992 e. The highest BCUT2D eigenvalue weighted by molar-refractivity contribution is 5.49. The van der Waals surface area contributed by atoms with Crippen LogP contribution >= 0.6 is 0 Å².